The number of hydrogen-bond acceptors (Lipinski definition) is 3. The molecule has 0 radical (unpaired) electrons. The van der Waals surface area contributed by atoms with E-state index in [0.29, 0.717) is 0 Å². The van der Waals surface area contributed by atoms with Crippen molar-refractivity contribution in [3.05, 3.63) is 77.4 Å². The van der Waals surface area contributed by atoms with E-state index in [1.54, 1.807) is 12.1 Å². The van der Waals surface area contributed by atoms with E-state index in [1.807, 2.05) is 36.4 Å². The van der Waals surface area contributed by atoms with Crippen molar-refractivity contribution in [3.8, 4) is 5.75 Å². The van der Waals surface area contributed by atoms with Crippen molar-refractivity contribution < 1.29 is 5.11 Å². The number of para-hydroxylation sites is 2. The number of phenols is 1. The van der Waals surface area contributed by atoms with Gasteiger partial charge in [-0.25, -0.2) is 0 Å². The summed E-state index contributed by atoms with van der Waals surface area (Å²) < 4.78 is 0. The Balaban J connectivity index is 1.93. The third kappa shape index (κ3) is 3.51. The second kappa shape index (κ2) is 6.67. The summed E-state index contributed by atoms with van der Waals surface area (Å²) in [4.78, 5) is 0. The van der Waals surface area contributed by atoms with Crippen LogP contribution in [0.5, 0.6) is 5.75 Å². The lowest BCUT2D eigenvalue weighted by atomic mass is 10.0. The fourth-order valence-corrected chi connectivity index (χ4v) is 2.95. The van der Waals surface area contributed by atoms with Crippen molar-refractivity contribution in [3.63, 3.8) is 0 Å². The molecule has 3 aromatic rings. The number of aromatic hydroxyl groups is 1. The number of hydrogen-bond donors (Lipinski definition) is 3. The summed E-state index contributed by atoms with van der Waals surface area (Å²) in [5.41, 5.74) is 7.65. The average Bonchev–Trinajstić information content (AvgIpc) is 2.52. The minimum atomic E-state index is 0.246. The molecule has 3 heteroatoms. The smallest absolute Gasteiger partial charge is 0.117 e. The van der Waals surface area contributed by atoms with Crippen molar-refractivity contribution >= 4 is 22.7 Å². The predicted molar refractivity (Wildman–Crippen MR) is 102 cm³/mol. The van der Waals surface area contributed by atoms with E-state index in [0.717, 1.165) is 22.7 Å². The van der Waals surface area contributed by atoms with Gasteiger partial charge in [-0.2, -0.15) is 0 Å². The quantitative estimate of drug-likeness (QED) is 0.569. The van der Waals surface area contributed by atoms with Crippen molar-refractivity contribution in [1.82, 2.24) is 0 Å². The average molecular weight is 318 g/mol. The van der Waals surface area contributed by atoms with E-state index in [1.165, 1.54) is 16.7 Å². The van der Waals surface area contributed by atoms with Gasteiger partial charge in [0.15, 0.2) is 0 Å². The Hall–Kier alpha value is -2.94. The van der Waals surface area contributed by atoms with Gasteiger partial charge in [0, 0.05) is 17.4 Å². The number of benzene rings is 3. The van der Waals surface area contributed by atoms with E-state index >= 15 is 0 Å². The standard InChI is InChI=1S/C21H22N2O/c1-14-11-15(2)21(16(3)12-14)23-20-10-5-4-9-19(20)22-17-7-6-8-18(24)13-17/h4-13,22-24H,1-3H3. The number of anilines is 4. The maximum absolute atomic E-state index is 9.64. The van der Waals surface area contributed by atoms with E-state index in [9.17, 15) is 5.11 Å². The Morgan fingerprint density at radius 2 is 1.33 bits per heavy atom. The molecule has 0 aromatic heterocycles. The monoisotopic (exact) mass is 318 g/mol. The Morgan fingerprint density at radius 3 is 1.96 bits per heavy atom. The van der Waals surface area contributed by atoms with Gasteiger partial charge in [-0.05, 0) is 56.2 Å². The fourth-order valence-electron chi connectivity index (χ4n) is 2.95. The Bertz CT molecular complexity index is 848. The lowest BCUT2D eigenvalue weighted by molar-refractivity contribution is 0.475. The van der Waals surface area contributed by atoms with Crippen molar-refractivity contribution in [2.75, 3.05) is 10.6 Å². The SMILES string of the molecule is Cc1cc(C)c(Nc2ccccc2Nc2cccc(O)c2)c(C)c1. The molecule has 3 aromatic carbocycles. The molecule has 3 N–H and O–H groups in total. The van der Waals surface area contributed by atoms with E-state index in [2.05, 4.69) is 43.5 Å². The molecular weight excluding hydrogens is 296 g/mol. The lowest BCUT2D eigenvalue weighted by Gasteiger charge is -2.17. The molecule has 0 aliphatic heterocycles. The largest absolute Gasteiger partial charge is 0.508 e. The fraction of sp³-hybridized carbons (Fsp3) is 0.143. The highest BCUT2D eigenvalue weighted by atomic mass is 16.3. The van der Waals surface area contributed by atoms with Crippen LogP contribution in [0.4, 0.5) is 22.7 Å². The summed E-state index contributed by atoms with van der Waals surface area (Å²) in [6.07, 6.45) is 0. The predicted octanol–water partition coefficient (Wildman–Crippen LogP) is 5.80. The van der Waals surface area contributed by atoms with Gasteiger partial charge in [-0.15, -0.1) is 0 Å². The normalized spacial score (nSPS) is 10.5. The van der Waals surface area contributed by atoms with Gasteiger partial charge < -0.3 is 15.7 Å². The first-order valence-corrected chi connectivity index (χ1v) is 8.03. The summed E-state index contributed by atoms with van der Waals surface area (Å²) in [7, 11) is 0. The van der Waals surface area contributed by atoms with Crippen LogP contribution in [0.2, 0.25) is 0 Å². The van der Waals surface area contributed by atoms with Gasteiger partial charge in [-0.1, -0.05) is 35.9 Å². The second-order valence-electron chi connectivity index (χ2n) is 6.12. The molecule has 3 rings (SSSR count). The maximum Gasteiger partial charge on any atom is 0.117 e. The molecule has 0 heterocycles. The van der Waals surface area contributed by atoms with Gasteiger partial charge in [-0.3, -0.25) is 0 Å². The molecule has 122 valence electrons. The molecule has 0 saturated heterocycles. The molecule has 0 saturated carbocycles. The van der Waals surface area contributed by atoms with Crippen LogP contribution in [0.15, 0.2) is 60.7 Å². The first kappa shape index (κ1) is 15.9. The lowest BCUT2D eigenvalue weighted by Crippen LogP contribution is -2.00. The summed E-state index contributed by atoms with van der Waals surface area (Å²) in [6.45, 7) is 6.35. The molecule has 0 aliphatic rings. The Labute approximate surface area is 143 Å². The van der Waals surface area contributed by atoms with Crippen LogP contribution in [-0.4, -0.2) is 5.11 Å². The molecular formula is C21H22N2O. The van der Waals surface area contributed by atoms with Crippen LogP contribution in [0.1, 0.15) is 16.7 Å². The van der Waals surface area contributed by atoms with Crippen molar-refractivity contribution in [1.29, 1.82) is 0 Å². The third-order valence-corrected chi connectivity index (χ3v) is 3.99. The highest BCUT2D eigenvalue weighted by molar-refractivity contribution is 5.80. The molecule has 0 spiro atoms. The summed E-state index contributed by atoms with van der Waals surface area (Å²) in [5, 5.41) is 16.5. The molecule has 0 amide bonds. The van der Waals surface area contributed by atoms with Gasteiger partial charge in [0.05, 0.1) is 11.4 Å². The van der Waals surface area contributed by atoms with Crippen molar-refractivity contribution in [2.45, 2.75) is 20.8 Å². The zero-order valence-electron chi connectivity index (χ0n) is 14.2. The van der Waals surface area contributed by atoms with E-state index in [-0.39, 0.29) is 5.75 Å². The molecule has 0 fully saturated rings. The van der Waals surface area contributed by atoms with Gasteiger partial charge in [0.25, 0.3) is 0 Å². The number of phenolic OH excluding ortho intramolecular Hbond substituents is 1. The summed E-state index contributed by atoms with van der Waals surface area (Å²) in [5.74, 6) is 0.246. The Morgan fingerprint density at radius 1 is 0.708 bits per heavy atom. The minimum absolute atomic E-state index is 0.246. The van der Waals surface area contributed by atoms with Crippen LogP contribution >= 0.6 is 0 Å². The van der Waals surface area contributed by atoms with Crippen LogP contribution in [0.3, 0.4) is 0 Å². The summed E-state index contributed by atoms with van der Waals surface area (Å²) >= 11 is 0. The number of nitrogens with one attached hydrogen (secondary N) is 2. The zero-order chi connectivity index (χ0) is 17.1. The molecule has 0 atom stereocenters. The first-order chi connectivity index (χ1) is 11.5. The van der Waals surface area contributed by atoms with Gasteiger partial charge in [0.1, 0.15) is 5.75 Å². The molecule has 0 bridgehead atoms. The Kier molecular flexibility index (Phi) is 4.43. The van der Waals surface area contributed by atoms with Crippen LogP contribution in [0, 0.1) is 20.8 Å². The topological polar surface area (TPSA) is 44.3 Å². The van der Waals surface area contributed by atoms with Crippen LogP contribution < -0.4 is 10.6 Å². The van der Waals surface area contributed by atoms with E-state index in [4.69, 9.17) is 0 Å². The van der Waals surface area contributed by atoms with E-state index < -0.39 is 0 Å². The van der Waals surface area contributed by atoms with Crippen molar-refractivity contribution in [2.24, 2.45) is 0 Å². The minimum Gasteiger partial charge on any atom is -0.508 e. The molecule has 0 aliphatic carbocycles. The highest BCUT2D eigenvalue weighted by Gasteiger charge is 2.08. The number of aryl methyl sites for hydroxylation is 3. The second-order valence-corrected chi connectivity index (χ2v) is 6.12. The van der Waals surface area contributed by atoms with Crippen LogP contribution in [-0.2, 0) is 0 Å². The first-order valence-electron chi connectivity index (χ1n) is 8.03. The molecule has 0 unspecified atom stereocenters. The molecule has 3 nitrogen and oxygen atoms in total. The third-order valence-electron chi connectivity index (χ3n) is 3.99. The zero-order valence-corrected chi connectivity index (χ0v) is 14.2. The summed E-state index contributed by atoms with van der Waals surface area (Å²) in [6, 6.07) is 19.5. The number of rotatable bonds is 4. The van der Waals surface area contributed by atoms with Gasteiger partial charge >= 0.3 is 0 Å². The maximum atomic E-state index is 9.64. The van der Waals surface area contributed by atoms with Crippen LogP contribution in [0.25, 0.3) is 0 Å². The highest BCUT2D eigenvalue weighted by Crippen LogP contribution is 2.32. The van der Waals surface area contributed by atoms with Gasteiger partial charge in [0.2, 0.25) is 0 Å². The molecule has 24 heavy (non-hydrogen) atoms.